The second-order valence-electron chi connectivity index (χ2n) is 4.07. The molecule has 0 saturated carbocycles. The molecular formula is C13H13ClFN3. The standard InChI is InChI=1S/C13H13ClFN3/c14-9-1-2-11(15)10(7-9)12(16)5-8-3-4-18-13(17)6-8/h1-4,6-7,12H,5,16H2,(H2,17,18). The molecule has 1 heterocycles. The smallest absolute Gasteiger partial charge is 0.128 e. The number of anilines is 1. The van der Waals surface area contributed by atoms with Gasteiger partial charge in [-0.3, -0.25) is 0 Å². The van der Waals surface area contributed by atoms with Gasteiger partial charge < -0.3 is 11.5 Å². The minimum atomic E-state index is -0.467. The highest BCUT2D eigenvalue weighted by atomic mass is 35.5. The predicted octanol–water partition coefficient (Wildman–Crippen LogP) is 2.70. The summed E-state index contributed by atoms with van der Waals surface area (Å²) in [6.07, 6.45) is 2.08. The maximum atomic E-state index is 13.6. The monoisotopic (exact) mass is 265 g/mol. The van der Waals surface area contributed by atoms with Gasteiger partial charge in [0.15, 0.2) is 0 Å². The summed E-state index contributed by atoms with van der Waals surface area (Å²) in [6, 6.07) is 7.42. The molecule has 0 radical (unpaired) electrons. The van der Waals surface area contributed by atoms with Gasteiger partial charge >= 0.3 is 0 Å². The first-order valence-electron chi connectivity index (χ1n) is 5.47. The average molecular weight is 266 g/mol. The van der Waals surface area contributed by atoms with Crippen LogP contribution in [-0.4, -0.2) is 4.98 Å². The summed E-state index contributed by atoms with van der Waals surface area (Å²) in [5, 5.41) is 0.469. The lowest BCUT2D eigenvalue weighted by atomic mass is 10.00. The van der Waals surface area contributed by atoms with E-state index < -0.39 is 6.04 Å². The van der Waals surface area contributed by atoms with Crippen LogP contribution in [0.15, 0.2) is 36.5 Å². The SMILES string of the molecule is Nc1cc(CC(N)c2cc(Cl)ccc2F)ccn1. The lowest BCUT2D eigenvalue weighted by Gasteiger charge is -2.13. The molecule has 1 atom stereocenters. The topological polar surface area (TPSA) is 64.9 Å². The van der Waals surface area contributed by atoms with Gasteiger partial charge in [-0.2, -0.15) is 0 Å². The van der Waals surface area contributed by atoms with E-state index in [1.807, 2.05) is 0 Å². The number of hydrogen-bond acceptors (Lipinski definition) is 3. The first-order valence-corrected chi connectivity index (χ1v) is 5.85. The maximum Gasteiger partial charge on any atom is 0.128 e. The van der Waals surface area contributed by atoms with Crippen LogP contribution in [0.3, 0.4) is 0 Å². The van der Waals surface area contributed by atoms with Crippen LogP contribution < -0.4 is 11.5 Å². The highest BCUT2D eigenvalue weighted by Crippen LogP contribution is 2.23. The van der Waals surface area contributed by atoms with Crippen LogP contribution in [0, 0.1) is 5.82 Å². The second kappa shape index (κ2) is 5.33. The molecule has 4 N–H and O–H groups in total. The molecule has 0 fully saturated rings. The quantitative estimate of drug-likeness (QED) is 0.897. The Morgan fingerprint density at radius 2 is 2.06 bits per heavy atom. The molecule has 2 aromatic rings. The van der Waals surface area contributed by atoms with E-state index in [2.05, 4.69) is 4.98 Å². The third-order valence-electron chi connectivity index (χ3n) is 2.66. The molecule has 0 aliphatic heterocycles. The van der Waals surface area contributed by atoms with Gasteiger partial charge in [0.25, 0.3) is 0 Å². The Bertz CT molecular complexity index is 560. The van der Waals surface area contributed by atoms with Crippen LogP contribution in [0.1, 0.15) is 17.2 Å². The van der Waals surface area contributed by atoms with Crippen molar-refractivity contribution in [1.82, 2.24) is 4.98 Å². The van der Waals surface area contributed by atoms with E-state index in [0.717, 1.165) is 5.56 Å². The summed E-state index contributed by atoms with van der Waals surface area (Å²) in [5.41, 5.74) is 12.9. The van der Waals surface area contributed by atoms with Crippen molar-refractivity contribution in [2.24, 2.45) is 5.73 Å². The highest BCUT2D eigenvalue weighted by Gasteiger charge is 2.13. The number of aromatic nitrogens is 1. The number of nitrogen functional groups attached to an aromatic ring is 1. The van der Waals surface area contributed by atoms with Crippen molar-refractivity contribution >= 4 is 17.4 Å². The van der Waals surface area contributed by atoms with E-state index in [1.165, 1.54) is 12.1 Å². The summed E-state index contributed by atoms with van der Waals surface area (Å²) in [4.78, 5) is 3.89. The minimum absolute atomic E-state index is 0.353. The molecule has 3 nitrogen and oxygen atoms in total. The molecule has 5 heteroatoms. The molecule has 1 aromatic heterocycles. The molecule has 0 bridgehead atoms. The van der Waals surface area contributed by atoms with Gasteiger partial charge in [0.2, 0.25) is 0 Å². The zero-order valence-electron chi connectivity index (χ0n) is 9.61. The Balaban J connectivity index is 2.21. The molecule has 0 amide bonds. The fourth-order valence-corrected chi connectivity index (χ4v) is 1.96. The number of nitrogens with zero attached hydrogens (tertiary/aromatic N) is 1. The zero-order chi connectivity index (χ0) is 13.1. The molecule has 0 aliphatic rings. The van der Waals surface area contributed by atoms with Crippen LogP contribution in [0.2, 0.25) is 5.02 Å². The number of nitrogens with two attached hydrogens (primary N) is 2. The molecule has 2 rings (SSSR count). The van der Waals surface area contributed by atoms with E-state index in [4.69, 9.17) is 23.1 Å². The molecule has 0 saturated heterocycles. The van der Waals surface area contributed by atoms with Crippen LogP contribution in [0.4, 0.5) is 10.2 Å². The summed E-state index contributed by atoms with van der Waals surface area (Å²) >= 11 is 5.84. The van der Waals surface area contributed by atoms with Gasteiger partial charge in [-0.1, -0.05) is 11.6 Å². The molecule has 1 aromatic carbocycles. The van der Waals surface area contributed by atoms with Crippen LogP contribution in [0.5, 0.6) is 0 Å². The van der Waals surface area contributed by atoms with E-state index >= 15 is 0 Å². The predicted molar refractivity (Wildman–Crippen MR) is 70.7 cm³/mol. The van der Waals surface area contributed by atoms with Crippen LogP contribution >= 0.6 is 11.6 Å². The fourth-order valence-electron chi connectivity index (χ4n) is 1.78. The van der Waals surface area contributed by atoms with Crippen molar-refractivity contribution in [1.29, 1.82) is 0 Å². The molecule has 18 heavy (non-hydrogen) atoms. The molecule has 0 aliphatic carbocycles. The van der Waals surface area contributed by atoms with Gasteiger partial charge in [-0.15, -0.1) is 0 Å². The number of benzene rings is 1. The normalized spacial score (nSPS) is 12.4. The largest absolute Gasteiger partial charge is 0.384 e. The number of halogens is 2. The van der Waals surface area contributed by atoms with E-state index in [0.29, 0.717) is 22.8 Å². The van der Waals surface area contributed by atoms with Crippen molar-refractivity contribution < 1.29 is 4.39 Å². The van der Waals surface area contributed by atoms with E-state index in [-0.39, 0.29) is 5.82 Å². The second-order valence-corrected chi connectivity index (χ2v) is 4.50. The summed E-state index contributed by atoms with van der Waals surface area (Å²) in [7, 11) is 0. The fraction of sp³-hybridized carbons (Fsp3) is 0.154. The van der Waals surface area contributed by atoms with Gasteiger partial charge in [0, 0.05) is 22.8 Å². The van der Waals surface area contributed by atoms with Crippen molar-refractivity contribution in [2.45, 2.75) is 12.5 Å². The Hall–Kier alpha value is -1.65. The molecule has 0 spiro atoms. The van der Waals surface area contributed by atoms with Gasteiger partial charge in [0.1, 0.15) is 11.6 Å². The number of rotatable bonds is 3. The molecule has 1 unspecified atom stereocenters. The Labute approximate surface area is 110 Å². The van der Waals surface area contributed by atoms with E-state index in [9.17, 15) is 4.39 Å². The number of hydrogen-bond donors (Lipinski definition) is 2. The first kappa shape index (κ1) is 12.8. The Kier molecular flexibility index (Phi) is 3.79. The lowest BCUT2D eigenvalue weighted by molar-refractivity contribution is 0.580. The highest BCUT2D eigenvalue weighted by molar-refractivity contribution is 6.30. The lowest BCUT2D eigenvalue weighted by Crippen LogP contribution is -2.15. The summed E-state index contributed by atoms with van der Waals surface area (Å²) in [5.74, 6) is 0.0696. The van der Waals surface area contributed by atoms with Crippen molar-refractivity contribution in [2.75, 3.05) is 5.73 Å². The summed E-state index contributed by atoms with van der Waals surface area (Å²) in [6.45, 7) is 0. The maximum absolute atomic E-state index is 13.6. The van der Waals surface area contributed by atoms with Gasteiger partial charge in [-0.25, -0.2) is 9.37 Å². The van der Waals surface area contributed by atoms with Crippen molar-refractivity contribution in [3.63, 3.8) is 0 Å². The van der Waals surface area contributed by atoms with E-state index in [1.54, 1.807) is 24.4 Å². The molecule has 94 valence electrons. The minimum Gasteiger partial charge on any atom is -0.384 e. The van der Waals surface area contributed by atoms with Crippen LogP contribution in [-0.2, 0) is 6.42 Å². The van der Waals surface area contributed by atoms with Gasteiger partial charge in [0.05, 0.1) is 0 Å². The number of pyridine rings is 1. The Morgan fingerprint density at radius 1 is 1.28 bits per heavy atom. The zero-order valence-corrected chi connectivity index (χ0v) is 10.4. The summed E-state index contributed by atoms with van der Waals surface area (Å²) < 4.78 is 13.6. The first-order chi connectivity index (χ1) is 8.56. The van der Waals surface area contributed by atoms with Crippen molar-refractivity contribution in [3.05, 3.63) is 58.5 Å². The van der Waals surface area contributed by atoms with Crippen LogP contribution in [0.25, 0.3) is 0 Å². The van der Waals surface area contributed by atoms with Gasteiger partial charge in [-0.05, 0) is 42.3 Å². The molecular weight excluding hydrogens is 253 g/mol. The average Bonchev–Trinajstić information content (AvgIpc) is 2.32. The Morgan fingerprint density at radius 3 is 2.78 bits per heavy atom. The third-order valence-corrected chi connectivity index (χ3v) is 2.89. The third kappa shape index (κ3) is 2.97. The van der Waals surface area contributed by atoms with Crippen molar-refractivity contribution in [3.8, 4) is 0 Å².